The summed E-state index contributed by atoms with van der Waals surface area (Å²) in [6.07, 6.45) is 0.363. The predicted octanol–water partition coefficient (Wildman–Crippen LogP) is 3.56. The van der Waals surface area contributed by atoms with E-state index < -0.39 is 0 Å². The minimum absolute atomic E-state index is 0.0113. The molecule has 0 fully saturated rings. The SMILES string of the molecule is CC(C)c1ccc(C(=O)Nc2ccc3c(c2)CC(=O)N3)cc1. The van der Waals surface area contributed by atoms with Gasteiger partial charge in [0.1, 0.15) is 0 Å². The third kappa shape index (κ3) is 2.86. The monoisotopic (exact) mass is 294 g/mol. The number of amides is 2. The molecule has 0 saturated carbocycles. The molecule has 0 unspecified atom stereocenters. The van der Waals surface area contributed by atoms with Crippen LogP contribution in [-0.4, -0.2) is 11.8 Å². The molecule has 1 aliphatic heterocycles. The van der Waals surface area contributed by atoms with Crippen LogP contribution in [0.2, 0.25) is 0 Å². The van der Waals surface area contributed by atoms with Gasteiger partial charge in [0.15, 0.2) is 0 Å². The van der Waals surface area contributed by atoms with Crippen molar-refractivity contribution in [1.82, 2.24) is 0 Å². The summed E-state index contributed by atoms with van der Waals surface area (Å²) in [5.74, 6) is 0.286. The van der Waals surface area contributed by atoms with E-state index in [9.17, 15) is 9.59 Å². The molecule has 0 aromatic heterocycles. The summed E-state index contributed by atoms with van der Waals surface area (Å²) >= 11 is 0. The molecule has 0 aliphatic carbocycles. The molecule has 4 nitrogen and oxygen atoms in total. The first-order chi connectivity index (χ1) is 10.5. The first kappa shape index (κ1) is 14.3. The lowest BCUT2D eigenvalue weighted by Crippen LogP contribution is -2.12. The van der Waals surface area contributed by atoms with Gasteiger partial charge in [0.25, 0.3) is 5.91 Å². The van der Waals surface area contributed by atoms with Gasteiger partial charge in [-0.15, -0.1) is 0 Å². The van der Waals surface area contributed by atoms with Crippen LogP contribution in [0.1, 0.15) is 41.3 Å². The smallest absolute Gasteiger partial charge is 0.255 e. The Morgan fingerprint density at radius 1 is 1.14 bits per heavy atom. The van der Waals surface area contributed by atoms with Gasteiger partial charge in [-0.2, -0.15) is 0 Å². The van der Waals surface area contributed by atoms with Crippen LogP contribution in [0.3, 0.4) is 0 Å². The molecular formula is C18H18N2O2. The zero-order valence-corrected chi connectivity index (χ0v) is 12.6. The van der Waals surface area contributed by atoms with Gasteiger partial charge in [-0.05, 0) is 47.4 Å². The van der Waals surface area contributed by atoms with Gasteiger partial charge in [-0.3, -0.25) is 9.59 Å². The van der Waals surface area contributed by atoms with Crippen LogP contribution in [-0.2, 0) is 11.2 Å². The van der Waals surface area contributed by atoms with Crippen molar-refractivity contribution >= 4 is 23.2 Å². The number of carbonyl (C=O) groups is 2. The molecule has 0 atom stereocenters. The highest BCUT2D eigenvalue weighted by molar-refractivity contribution is 6.05. The number of benzene rings is 2. The second-order valence-corrected chi connectivity index (χ2v) is 5.83. The Morgan fingerprint density at radius 2 is 1.86 bits per heavy atom. The molecular weight excluding hydrogens is 276 g/mol. The number of fused-ring (bicyclic) bond motifs is 1. The summed E-state index contributed by atoms with van der Waals surface area (Å²) in [5.41, 5.74) is 4.27. The molecule has 2 amide bonds. The third-order valence-electron chi connectivity index (χ3n) is 3.83. The van der Waals surface area contributed by atoms with Gasteiger partial charge < -0.3 is 10.6 Å². The van der Waals surface area contributed by atoms with E-state index in [4.69, 9.17) is 0 Å². The minimum Gasteiger partial charge on any atom is -0.326 e. The Kier molecular flexibility index (Phi) is 3.67. The van der Waals surface area contributed by atoms with Crippen molar-refractivity contribution in [3.05, 3.63) is 59.2 Å². The Balaban J connectivity index is 1.74. The Hall–Kier alpha value is -2.62. The van der Waals surface area contributed by atoms with Crippen LogP contribution in [0.4, 0.5) is 11.4 Å². The van der Waals surface area contributed by atoms with Crippen LogP contribution in [0, 0.1) is 0 Å². The lowest BCUT2D eigenvalue weighted by Gasteiger charge is -2.09. The fourth-order valence-electron chi connectivity index (χ4n) is 2.53. The Morgan fingerprint density at radius 3 is 2.55 bits per heavy atom. The van der Waals surface area contributed by atoms with Gasteiger partial charge in [0.2, 0.25) is 5.91 Å². The minimum atomic E-state index is -0.146. The molecule has 0 spiro atoms. The van der Waals surface area contributed by atoms with Gasteiger partial charge in [-0.1, -0.05) is 26.0 Å². The number of rotatable bonds is 3. The largest absolute Gasteiger partial charge is 0.326 e. The maximum atomic E-state index is 12.3. The zero-order chi connectivity index (χ0) is 15.7. The van der Waals surface area contributed by atoms with E-state index in [1.165, 1.54) is 5.56 Å². The quantitative estimate of drug-likeness (QED) is 0.909. The van der Waals surface area contributed by atoms with Crippen molar-refractivity contribution in [2.75, 3.05) is 10.6 Å². The summed E-state index contributed by atoms with van der Waals surface area (Å²) in [7, 11) is 0. The fourth-order valence-corrected chi connectivity index (χ4v) is 2.53. The molecule has 2 aromatic rings. The highest BCUT2D eigenvalue weighted by atomic mass is 16.2. The van der Waals surface area contributed by atoms with Crippen molar-refractivity contribution in [3.63, 3.8) is 0 Å². The molecule has 2 N–H and O–H groups in total. The molecule has 1 heterocycles. The predicted molar refractivity (Wildman–Crippen MR) is 87.3 cm³/mol. The molecule has 22 heavy (non-hydrogen) atoms. The molecule has 4 heteroatoms. The number of hydrogen-bond acceptors (Lipinski definition) is 2. The van der Waals surface area contributed by atoms with E-state index in [0.717, 1.165) is 11.3 Å². The lowest BCUT2D eigenvalue weighted by molar-refractivity contribution is -0.115. The third-order valence-corrected chi connectivity index (χ3v) is 3.83. The van der Waals surface area contributed by atoms with E-state index in [1.54, 1.807) is 6.07 Å². The summed E-state index contributed by atoms with van der Waals surface area (Å²) < 4.78 is 0. The van der Waals surface area contributed by atoms with Crippen LogP contribution in [0.15, 0.2) is 42.5 Å². The summed E-state index contributed by atoms with van der Waals surface area (Å²) in [6.45, 7) is 4.24. The summed E-state index contributed by atoms with van der Waals surface area (Å²) in [5, 5.41) is 5.65. The normalized spacial score (nSPS) is 13.0. The maximum Gasteiger partial charge on any atom is 0.255 e. The van der Waals surface area contributed by atoms with Crippen molar-refractivity contribution in [3.8, 4) is 0 Å². The van der Waals surface area contributed by atoms with E-state index in [0.29, 0.717) is 23.6 Å². The van der Waals surface area contributed by atoms with Crippen molar-refractivity contribution in [2.45, 2.75) is 26.2 Å². The number of nitrogens with one attached hydrogen (secondary N) is 2. The second-order valence-electron chi connectivity index (χ2n) is 5.83. The average Bonchev–Trinajstić information content (AvgIpc) is 2.86. The number of anilines is 2. The Labute approximate surface area is 129 Å². The lowest BCUT2D eigenvalue weighted by atomic mass is 10.0. The highest BCUT2D eigenvalue weighted by Gasteiger charge is 2.18. The topological polar surface area (TPSA) is 58.2 Å². The molecule has 3 rings (SSSR count). The molecule has 112 valence electrons. The van der Waals surface area contributed by atoms with Gasteiger partial charge in [-0.25, -0.2) is 0 Å². The molecule has 2 aromatic carbocycles. The molecule has 0 saturated heterocycles. The van der Waals surface area contributed by atoms with E-state index >= 15 is 0 Å². The fraction of sp³-hybridized carbons (Fsp3) is 0.222. The Bertz CT molecular complexity index is 733. The van der Waals surface area contributed by atoms with Crippen LogP contribution in [0.5, 0.6) is 0 Å². The van der Waals surface area contributed by atoms with Crippen molar-refractivity contribution in [2.24, 2.45) is 0 Å². The van der Waals surface area contributed by atoms with E-state index in [1.807, 2.05) is 36.4 Å². The second kappa shape index (κ2) is 5.64. The van der Waals surface area contributed by atoms with E-state index in [-0.39, 0.29) is 11.8 Å². The average molecular weight is 294 g/mol. The standard InChI is InChI=1S/C18H18N2O2/c1-11(2)12-3-5-13(6-4-12)18(22)19-15-7-8-16-14(9-15)10-17(21)20-16/h3-9,11H,10H2,1-2H3,(H,19,22)(H,20,21). The van der Waals surface area contributed by atoms with E-state index in [2.05, 4.69) is 24.5 Å². The first-order valence-corrected chi connectivity index (χ1v) is 7.37. The van der Waals surface area contributed by atoms with Gasteiger partial charge in [0, 0.05) is 16.9 Å². The van der Waals surface area contributed by atoms with Gasteiger partial charge in [0.05, 0.1) is 6.42 Å². The van der Waals surface area contributed by atoms with Crippen LogP contribution >= 0.6 is 0 Å². The zero-order valence-electron chi connectivity index (χ0n) is 12.6. The van der Waals surface area contributed by atoms with Gasteiger partial charge >= 0.3 is 0 Å². The molecule has 0 bridgehead atoms. The maximum absolute atomic E-state index is 12.3. The van der Waals surface area contributed by atoms with Crippen LogP contribution < -0.4 is 10.6 Å². The van der Waals surface area contributed by atoms with Crippen LogP contribution in [0.25, 0.3) is 0 Å². The summed E-state index contributed by atoms with van der Waals surface area (Å²) in [4.78, 5) is 23.6. The van der Waals surface area contributed by atoms with Crippen molar-refractivity contribution < 1.29 is 9.59 Å². The van der Waals surface area contributed by atoms with Crippen molar-refractivity contribution in [1.29, 1.82) is 0 Å². The molecule has 0 radical (unpaired) electrons. The number of carbonyl (C=O) groups excluding carboxylic acids is 2. The highest BCUT2D eigenvalue weighted by Crippen LogP contribution is 2.26. The first-order valence-electron chi connectivity index (χ1n) is 7.37. The summed E-state index contributed by atoms with van der Waals surface area (Å²) in [6, 6.07) is 13.1. The molecule has 1 aliphatic rings. The number of hydrogen-bond donors (Lipinski definition) is 2.